The molecule has 0 aliphatic heterocycles. The van der Waals surface area contributed by atoms with Gasteiger partial charge in [0.25, 0.3) is 0 Å². The Morgan fingerprint density at radius 2 is 2.10 bits per heavy atom. The van der Waals surface area contributed by atoms with E-state index in [1.807, 2.05) is 0 Å². The molecule has 0 aromatic heterocycles. The monoisotopic (exact) mass is 316 g/mol. The molecular formula is C11H18F2O6S. The summed E-state index contributed by atoms with van der Waals surface area (Å²) in [5, 5.41) is 4.63. The normalized spacial score (nSPS) is 28.1. The predicted molar refractivity (Wildman–Crippen MR) is 64.7 cm³/mol. The zero-order valence-electron chi connectivity index (χ0n) is 11.0. The lowest BCUT2D eigenvalue weighted by Crippen LogP contribution is -2.42. The molecule has 2 N–H and O–H groups in total. The topological polar surface area (TPSA) is 101 Å². The van der Waals surface area contributed by atoms with Gasteiger partial charge in [-0.1, -0.05) is 13.3 Å². The van der Waals surface area contributed by atoms with Crippen molar-refractivity contribution in [1.29, 1.82) is 0 Å². The number of aliphatic hydroxyl groups excluding tert-OH is 1. The molecule has 6 nitrogen and oxygen atoms in total. The molecule has 20 heavy (non-hydrogen) atoms. The molecular weight excluding hydrogens is 298 g/mol. The molecule has 0 aromatic rings. The fourth-order valence-electron chi connectivity index (χ4n) is 2.38. The van der Waals surface area contributed by atoms with Gasteiger partial charge in [0.2, 0.25) is 0 Å². The summed E-state index contributed by atoms with van der Waals surface area (Å²) >= 11 is 0. The van der Waals surface area contributed by atoms with Crippen molar-refractivity contribution in [3.63, 3.8) is 0 Å². The van der Waals surface area contributed by atoms with E-state index >= 15 is 0 Å². The van der Waals surface area contributed by atoms with Crippen molar-refractivity contribution in [1.82, 2.24) is 0 Å². The van der Waals surface area contributed by atoms with Gasteiger partial charge in [-0.2, -0.15) is 17.2 Å². The van der Waals surface area contributed by atoms with Crippen molar-refractivity contribution in [2.24, 2.45) is 5.41 Å². The zero-order valence-corrected chi connectivity index (χ0v) is 11.8. The smallest absolute Gasteiger partial charge is 0.460 e. The summed E-state index contributed by atoms with van der Waals surface area (Å²) in [5.74, 6) is -2.30. The van der Waals surface area contributed by atoms with Crippen molar-refractivity contribution in [3.8, 4) is 0 Å². The first-order valence-corrected chi connectivity index (χ1v) is 7.68. The number of alkyl halides is 2. The molecule has 118 valence electrons. The Hall–Kier alpha value is -0.800. The Labute approximate surface area is 115 Å². The maximum Gasteiger partial charge on any atom is 0.465 e. The molecule has 0 amide bonds. The second kappa shape index (κ2) is 5.90. The van der Waals surface area contributed by atoms with Gasteiger partial charge in [0.1, 0.15) is 0 Å². The van der Waals surface area contributed by atoms with Crippen LogP contribution in [0.15, 0.2) is 0 Å². The molecule has 1 saturated carbocycles. The lowest BCUT2D eigenvalue weighted by atomic mass is 9.72. The van der Waals surface area contributed by atoms with Crippen LogP contribution in [0.25, 0.3) is 0 Å². The second-order valence-corrected chi connectivity index (χ2v) is 6.63. The predicted octanol–water partition coefficient (Wildman–Crippen LogP) is 1.34. The summed E-state index contributed by atoms with van der Waals surface area (Å²) in [4.78, 5) is 11.1. The number of aliphatic hydroxyl groups is 1. The molecule has 1 rings (SSSR count). The summed E-state index contributed by atoms with van der Waals surface area (Å²) < 4.78 is 59.5. The van der Waals surface area contributed by atoms with E-state index in [1.54, 1.807) is 6.92 Å². The van der Waals surface area contributed by atoms with Gasteiger partial charge in [0.05, 0.1) is 12.7 Å². The molecule has 0 aromatic carbocycles. The van der Waals surface area contributed by atoms with E-state index in [1.165, 1.54) is 0 Å². The van der Waals surface area contributed by atoms with E-state index in [9.17, 15) is 27.1 Å². The van der Waals surface area contributed by atoms with E-state index in [4.69, 9.17) is 4.55 Å². The molecule has 0 heterocycles. The highest BCUT2D eigenvalue weighted by atomic mass is 32.2. The molecule has 2 atom stereocenters. The number of carbonyl (C=O) groups is 1. The van der Waals surface area contributed by atoms with Crippen LogP contribution in [0.4, 0.5) is 8.78 Å². The maximum atomic E-state index is 13.0. The van der Waals surface area contributed by atoms with Crippen LogP contribution in [0.3, 0.4) is 0 Å². The van der Waals surface area contributed by atoms with Crippen molar-refractivity contribution in [2.45, 2.75) is 50.4 Å². The standard InChI is InChI=1S/C11H18F2O6S/c1-2-10(5-3-4-8(14)6-10)7-19-9(15)11(12,13)20(16,17)18/h8,14H,2-7H2,1H3,(H,16,17,18). The number of hydrogen-bond donors (Lipinski definition) is 2. The molecule has 0 spiro atoms. The first-order chi connectivity index (χ1) is 9.04. The van der Waals surface area contributed by atoms with Gasteiger partial charge in [0.15, 0.2) is 0 Å². The fraction of sp³-hybridized carbons (Fsp3) is 0.909. The average molecular weight is 316 g/mol. The van der Waals surface area contributed by atoms with Gasteiger partial charge in [-0.15, -0.1) is 0 Å². The summed E-state index contributed by atoms with van der Waals surface area (Å²) in [7, 11) is -5.85. The summed E-state index contributed by atoms with van der Waals surface area (Å²) in [6, 6.07) is 0. The zero-order chi connectivity index (χ0) is 15.6. The number of esters is 1. The highest BCUT2D eigenvalue weighted by Gasteiger charge is 2.54. The van der Waals surface area contributed by atoms with Gasteiger partial charge < -0.3 is 9.84 Å². The van der Waals surface area contributed by atoms with E-state index in [0.29, 0.717) is 32.1 Å². The minimum atomic E-state index is -5.85. The minimum absolute atomic E-state index is 0.300. The van der Waals surface area contributed by atoms with Crippen LogP contribution in [0.5, 0.6) is 0 Å². The molecule has 0 saturated heterocycles. The van der Waals surface area contributed by atoms with E-state index in [0.717, 1.165) is 0 Å². The largest absolute Gasteiger partial charge is 0.465 e. The Balaban J connectivity index is 2.72. The SMILES string of the molecule is CCC1(COC(=O)C(F)(F)S(=O)(=O)O)CCCC(O)C1. The van der Waals surface area contributed by atoms with Crippen molar-refractivity contribution < 1.29 is 36.4 Å². The molecule has 0 bridgehead atoms. The number of hydrogen-bond acceptors (Lipinski definition) is 5. The number of halogens is 2. The van der Waals surface area contributed by atoms with Crippen LogP contribution in [-0.2, 0) is 19.6 Å². The van der Waals surface area contributed by atoms with E-state index < -0.39 is 39.5 Å². The van der Waals surface area contributed by atoms with Crippen LogP contribution in [0.1, 0.15) is 39.0 Å². The van der Waals surface area contributed by atoms with Crippen LogP contribution < -0.4 is 0 Å². The van der Waals surface area contributed by atoms with Crippen molar-refractivity contribution in [3.05, 3.63) is 0 Å². The van der Waals surface area contributed by atoms with Gasteiger partial charge in [-0.3, -0.25) is 4.55 Å². The number of carbonyl (C=O) groups excluding carboxylic acids is 1. The molecule has 2 unspecified atom stereocenters. The molecule has 9 heteroatoms. The average Bonchev–Trinajstić information content (AvgIpc) is 2.34. The first kappa shape index (κ1) is 17.3. The van der Waals surface area contributed by atoms with Crippen LogP contribution in [0.2, 0.25) is 0 Å². The van der Waals surface area contributed by atoms with Crippen molar-refractivity contribution >= 4 is 16.1 Å². The molecule has 1 fully saturated rings. The lowest BCUT2D eigenvalue weighted by molar-refractivity contribution is -0.167. The Bertz CT molecular complexity index is 464. The Kier molecular flexibility index (Phi) is 5.09. The molecule has 1 aliphatic rings. The molecule has 1 aliphatic carbocycles. The second-order valence-electron chi connectivity index (χ2n) is 5.17. The molecule has 0 radical (unpaired) electrons. The van der Waals surface area contributed by atoms with Crippen LogP contribution >= 0.6 is 0 Å². The first-order valence-electron chi connectivity index (χ1n) is 6.24. The van der Waals surface area contributed by atoms with E-state index in [2.05, 4.69) is 4.74 Å². The third-order valence-corrected chi connectivity index (χ3v) is 4.55. The third-order valence-electron chi connectivity index (χ3n) is 3.73. The lowest BCUT2D eigenvalue weighted by Gasteiger charge is -2.38. The van der Waals surface area contributed by atoms with Crippen molar-refractivity contribution in [2.75, 3.05) is 6.61 Å². The van der Waals surface area contributed by atoms with Crippen LogP contribution in [0, 0.1) is 5.41 Å². The Morgan fingerprint density at radius 1 is 1.50 bits per heavy atom. The fourth-order valence-corrected chi connectivity index (χ4v) is 2.65. The quantitative estimate of drug-likeness (QED) is 0.586. The van der Waals surface area contributed by atoms with Gasteiger partial charge >= 0.3 is 21.3 Å². The van der Waals surface area contributed by atoms with E-state index in [-0.39, 0.29) is 0 Å². The summed E-state index contributed by atoms with van der Waals surface area (Å²) in [6.45, 7) is 1.36. The van der Waals surface area contributed by atoms with Gasteiger partial charge in [0, 0.05) is 5.41 Å². The highest BCUT2D eigenvalue weighted by Crippen LogP contribution is 2.40. The van der Waals surface area contributed by atoms with Gasteiger partial charge in [-0.05, 0) is 25.7 Å². The van der Waals surface area contributed by atoms with Gasteiger partial charge in [-0.25, -0.2) is 4.79 Å². The summed E-state index contributed by atoms with van der Waals surface area (Å²) in [6.07, 6.45) is 2.05. The number of rotatable bonds is 5. The van der Waals surface area contributed by atoms with Crippen LogP contribution in [-0.4, -0.2) is 42.0 Å². The maximum absolute atomic E-state index is 13.0. The highest BCUT2D eigenvalue weighted by molar-refractivity contribution is 7.87. The Morgan fingerprint density at radius 3 is 2.55 bits per heavy atom. The number of ether oxygens (including phenoxy) is 1. The minimum Gasteiger partial charge on any atom is -0.460 e. The summed E-state index contributed by atoms with van der Waals surface area (Å²) in [5.41, 5.74) is -0.636. The third kappa shape index (κ3) is 3.64.